The Kier molecular flexibility index (Phi) is 6.66. The third kappa shape index (κ3) is 5.18. The van der Waals surface area contributed by atoms with Gasteiger partial charge in [0.1, 0.15) is 5.82 Å². The molecule has 2 aromatic heterocycles. The highest BCUT2D eigenvalue weighted by Crippen LogP contribution is 2.27. The minimum absolute atomic E-state index is 0.00484. The van der Waals surface area contributed by atoms with Crippen molar-refractivity contribution in [2.24, 2.45) is 5.10 Å². The highest BCUT2D eigenvalue weighted by atomic mass is 35.5. The zero-order valence-electron chi connectivity index (χ0n) is 17.1. The van der Waals surface area contributed by atoms with E-state index < -0.39 is 5.91 Å². The molecule has 0 aliphatic carbocycles. The van der Waals surface area contributed by atoms with E-state index in [4.69, 9.17) is 17.3 Å². The molecule has 168 valence electrons. The van der Waals surface area contributed by atoms with Gasteiger partial charge in [0.05, 0.1) is 11.4 Å². The van der Waals surface area contributed by atoms with E-state index in [2.05, 4.69) is 35.8 Å². The number of amides is 1. The lowest BCUT2D eigenvalue weighted by Gasteiger charge is -2.06. The van der Waals surface area contributed by atoms with Crippen molar-refractivity contribution in [2.75, 3.05) is 5.73 Å². The topological polar surface area (TPSA) is 137 Å². The Balaban J connectivity index is 1.59. The Labute approximate surface area is 196 Å². The number of nitrogens with two attached hydrogens (primary N) is 1. The number of thioether (sulfide) groups is 1. The monoisotopic (exact) mass is 486 g/mol. The number of hydrogen-bond donors (Lipinski definition) is 2. The third-order valence-electron chi connectivity index (χ3n) is 4.45. The number of rotatable bonds is 7. The van der Waals surface area contributed by atoms with Gasteiger partial charge in [-0.3, -0.25) is 4.79 Å². The summed E-state index contributed by atoms with van der Waals surface area (Å²) in [7, 11) is 0. The van der Waals surface area contributed by atoms with E-state index in [-0.39, 0.29) is 23.1 Å². The lowest BCUT2D eigenvalue weighted by Crippen LogP contribution is -2.21. The molecule has 13 heteroatoms. The Morgan fingerprint density at radius 3 is 2.61 bits per heavy atom. The quantitative estimate of drug-likeness (QED) is 0.230. The molecule has 33 heavy (non-hydrogen) atoms. The summed E-state index contributed by atoms with van der Waals surface area (Å²) in [6.07, 6.45) is 0. The van der Waals surface area contributed by atoms with Crippen LogP contribution in [0.2, 0.25) is 5.02 Å². The lowest BCUT2D eigenvalue weighted by molar-refractivity contribution is 0.0949. The van der Waals surface area contributed by atoms with Crippen LogP contribution in [0.5, 0.6) is 0 Å². The highest BCUT2D eigenvalue weighted by Gasteiger charge is 2.24. The second kappa shape index (κ2) is 9.79. The molecular weight excluding hydrogens is 471 g/mol. The predicted octanol–water partition coefficient (Wildman–Crippen LogP) is 3.47. The molecule has 0 bridgehead atoms. The van der Waals surface area contributed by atoms with Crippen molar-refractivity contribution in [2.45, 2.75) is 17.6 Å². The maximum absolute atomic E-state index is 13.1. The first-order chi connectivity index (χ1) is 15.9. The van der Waals surface area contributed by atoms with Gasteiger partial charge in [0.15, 0.2) is 5.69 Å². The van der Waals surface area contributed by atoms with E-state index in [9.17, 15) is 9.18 Å². The minimum Gasteiger partial charge on any atom is -0.378 e. The van der Waals surface area contributed by atoms with Gasteiger partial charge in [-0.1, -0.05) is 28.9 Å². The van der Waals surface area contributed by atoms with E-state index in [0.717, 1.165) is 4.90 Å². The smallest absolute Gasteiger partial charge is 0.293 e. The van der Waals surface area contributed by atoms with E-state index in [0.29, 0.717) is 27.7 Å². The largest absolute Gasteiger partial charge is 0.378 e. The highest BCUT2D eigenvalue weighted by molar-refractivity contribution is 7.98. The molecule has 4 aromatic rings. The van der Waals surface area contributed by atoms with Crippen LogP contribution < -0.4 is 11.2 Å². The zero-order chi connectivity index (χ0) is 23.4. The molecule has 0 fully saturated rings. The summed E-state index contributed by atoms with van der Waals surface area (Å²) in [6.45, 7) is 1.68. The number of hydrazone groups is 1. The molecule has 0 radical (unpaired) electrons. The number of nitrogens with one attached hydrogen (secondary N) is 1. The van der Waals surface area contributed by atoms with Crippen molar-refractivity contribution in [1.82, 2.24) is 30.7 Å². The van der Waals surface area contributed by atoms with Crippen molar-refractivity contribution in [1.29, 1.82) is 0 Å². The molecule has 0 atom stereocenters. The van der Waals surface area contributed by atoms with E-state index >= 15 is 0 Å². The molecule has 0 unspecified atom stereocenters. The number of carbonyl (C=O) groups excluding carboxylic acids is 1. The Morgan fingerprint density at radius 2 is 1.94 bits per heavy atom. The van der Waals surface area contributed by atoms with Gasteiger partial charge >= 0.3 is 0 Å². The van der Waals surface area contributed by atoms with Crippen LogP contribution in [0.4, 0.5) is 10.2 Å². The number of nitrogens with zero attached hydrogens (tertiary/aromatic N) is 6. The summed E-state index contributed by atoms with van der Waals surface area (Å²) in [4.78, 5) is 13.8. The van der Waals surface area contributed by atoms with Crippen LogP contribution in [0.15, 0.2) is 63.2 Å². The van der Waals surface area contributed by atoms with Gasteiger partial charge < -0.3 is 5.73 Å². The molecule has 4 rings (SSSR count). The first-order valence-corrected chi connectivity index (χ1v) is 10.8. The fraction of sp³-hybridized carbons (Fsp3) is 0.100. The average molecular weight is 487 g/mol. The molecule has 0 aliphatic heterocycles. The molecule has 1 amide bonds. The summed E-state index contributed by atoms with van der Waals surface area (Å²) >= 11 is 7.37. The summed E-state index contributed by atoms with van der Waals surface area (Å²) in [5.74, 6) is -0.556. The van der Waals surface area contributed by atoms with Gasteiger partial charge in [-0.15, -0.1) is 16.9 Å². The maximum Gasteiger partial charge on any atom is 0.293 e. The summed E-state index contributed by atoms with van der Waals surface area (Å²) < 4.78 is 19.1. The summed E-state index contributed by atoms with van der Waals surface area (Å²) in [5, 5.41) is 20.0. The van der Waals surface area contributed by atoms with Gasteiger partial charge in [-0.25, -0.2) is 14.4 Å². The molecule has 0 aliphatic rings. The van der Waals surface area contributed by atoms with E-state index in [1.807, 2.05) is 12.1 Å². The van der Waals surface area contributed by atoms with Gasteiger partial charge in [0, 0.05) is 15.7 Å². The Hall–Kier alpha value is -3.77. The average Bonchev–Trinajstić information content (AvgIpc) is 3.43. The number of nitrogen functional groups attached to an aromatic ring is 1. The molecule has 0 saturated heterocycles. The molecule has 0 spiro atoms. The molecule has 10 nitrogen and oxygen atoms in total. The van der Waals surface area contributed by atoms with E-state index in [1.54, 1.807) is 31.2 Å². The van der Waals surface area contributed by atoms with Crippen LogP contribution in [0, 0.1) is 5.82 Å². The first kappa shape index (κ1) is 22.4. The van der Waals surface area contributed by atoms with Crippen molar-refractivity contribution in [3.8, 4) is 5.82 Å². The van der Waals surface area contributed by atoms with Crippen LogP contribution >= 0.6 is 23.4 Å². The van der Waals surface area contributed by atoms with Crippen molar-refractivity contribution < 1.29 is 13.8 Å². The second-order valence-corrected chi connectivity index (χ2v) is 8.14. The van der Waals surface area contributed by atoms with Crippen molar-refractivity contribution in [3.05, 3.63) is 76.3 Å². The fourth-order valence-corrected chi connectivity index (χ4v) is 3.76. The van der Waals surface area contributed by atoms with Crippen LogP contribution in [0.3, 0.4) is 0 Å². The summed E-state index contributed by atoms with van der Waals surface area (Å²) in [6, 6.07) is 13.0. The minimum atomic E-state index is -0.593. The number of aromatic nitrogens is 5. The fourth-order valence-electron chi connectivity index (χ4n) is 2.74. The molecule has 3 N–H and O–H groups in total. The van der Waals surface area contributed by atoms with Crippen LogP contribution in [-0.4, -0.2) is 36.9 Å². The van der Waals surface area contributed by atoms with Gasteiger partial charge in [-0.2, -0.15) is 9.78 Å². The SMILES string of the molecule is CC(=NNC(=O)c1nnn(-c2nonc2N)c1CSc1ccc(Cl)cc1)c1ccc(F)cc1. The molecule has 2 aromatic carbocycles. The van der Waals surface area contributed by atoms with Gasteiger partial charge in [-0.05, 0) is 59.2 Å². The number of benzene rings is 2. The number of carbonyl (C=O) groups is 1. The Morgan fingerprint density at radius 1 is 1.21 bits per heavy atom. The van der Waals surface area contributed by atoms with Crippen molar-refractivity contribution in [3.63, 3.8) is 0 Å². The van der Waals surface area contributed by atoms with Crippen LogP contribution in [0.25, 0.3) is 5.82 Å². The number of anilines is 1. The Bertz CT molecular complexity index is 1300. The lowest BCUT2D eigenvalue weighted by atomic mass is 10.1. The van der Waals surface area contributed by atoms with Gasteiger partial charge in [0.25, 0.3) is 5.91 Å². The van der Waals surface area contributed by atoms with E-state index in [1.165, 1.54) is 28.6 Å². The molecule has 0 saturated carbocycles. The first-order valence-electron chi connectivity index (χ1n) is 9.44. The molecule has 2 heterocycles. The normalized spacial score (nSPS) is 11.5. The predicted molar refractivity (Wildman–Crippen MR) is 121 cm³/mol. The standard InChI is InChI=1S/C20H16ClFN8O2S/c1-11(12-2-6-14(22)7-3-12)24-26-20(31)17-16(10-33-15-8-4-13(21)5-9-15)30(29-25-17)19-18(23)27-32-28-19/h2-9H,10H2,1H3,(H2,23,27)(H,26,31). The maximum atomic E-state index is 13.1. The number of hydrogen-bond acceptors (Lipinski definition) is 9. The summed E-state index contributed by atoms with van der Waals surface area (Å²) in [5.41, 5.74) is 9.82. The van der Waals surface area contributed by atoms with Crippen molar-refractivity contribution >= 4 is 40.8 Å². The zero-order valence-corrected chi connectivity index (χ0v) is 18.6. The van der Waals surface area contributed by atoms with Gasteiger partial charge in [0.2, 0.25) is 11.6 Å². The second-order valence-electron chi connectivity index (χ2n) is 6.66. The van der Waals surface area contributed by atoms with Crippen LogP contribution in [-0.2, 0) is 5.75 Å². The van der Waals surface area contributed by atoms with Crippen LogP contribution in [0.1, 0.15) is 28.7 Å². The molecular formula is C20H16ClFN8O2S. The third-order valence-corrected chi connectivity index (χ3v) is 5.73. The number of halogens is 2.